The van der Waals surface area contributed by atoms with Gasteiger partial charge in [0.15, 0.2) is 0 Å². The van der Waals surface area contributed by atoms with E-state index >= 15 is 0 Å². The van der Waals surface area contributed by atoms with Gasteiger partial charge in [-0.25, -0.2) is 0 Å². The van der Waals surface area contributed by atoms with Crippen molar-refractivity contribution in [1.29, 1.82) is 0 Å². The fourth-order valence-electron chi connectivity index (χ4n) is 5.28. The average molecular weight is 453 g/mol. The van der Waals surface area contributed by atoms with Gasteiger partial charge in [-0.1, -0.05) is 6.92 Å². The number of carboxylic acids is 1. The van der Waals surface area contributed by atoms with Crippen molar-refractivity contribution in [3.63, 3.8) is 0 Å². The highest BCUT2D eigenvalue weighted by molar-refractivity contribution is 8.03. The van der Waals surface area contributed by atoms with Gasteiger partial charge in [-0.2, -0.15) is 0 Å². The van der Waals surface area contributed by atoms with Gasteiger partial charge in [-0.3, -0.25) is 9.59 Å². The van der Waals surface area contributed by atoms with E-state index in [0.717, 1.165) is 30.7 Å². The number of aliphatic hydroxyl groups excluding tert-OH is 1. The van der Waals surface area contributed by atoms with E-state index in [2.05, 4.69) is 19.4 Å². The van der Waals surface area contributed by atoms with E-state index in [-0.39, 0.29) is 40.8 Å². The molecule has 0 spiro atoms. The SMILES string of the molecule is CC1C(S[C@H]2CN[C@@H](C(=O)N3CC[N+](C)(C)CC3)C2)=C(C(=O)[O-])N2C(=O)C([C@@H](C)O)C12. The Kier molecular flexibility index (Phi) is 5.87. The summed E-state index contributed by atoms with van der Waals surface area (Å²) in [5.41, 5.74) is -0.0600. The summed E-state index contributed by atoms with van der Waals surface area (Å²) in [4.78, 5) is 41.1. The zero-order chi connectivity index (χ0) is 22.7. The number of likely N-dealkylation sites (N-methyl/N-ethyl adjacent to an activating group) is 1. The molecule has 10 heteroatoms. The minimum Gasteiger partial charge on any atom is -0.543 e. The minimum absolute atomic E-state index is 0.0385. The molecular weight excluding hydrogens is 420 g/mol. The number of rotatable bonds is 5. The summed E-state index contributed by atoms with van der Waals surface area (Å²) in [5, 5.41) is 25.2. The van der Waals surface area contributed by atoms with Crippen molar-refractivity contribution in [2.24, 2.45) is 11.8 Å². The molecule has 2 amide bonds. The Hall–Kier alpha value is -1.62. The highest BCUT2D eigenvalue weighted by Gasteiger charge is 2.59. The molecule has 0 aromatic rings. The number of carbonyl (C=O) groups excluding carboxylic acids is 3. The van der Waals surface area contributed by atoms with Crippen LogP contribution in [0.2, 0.25) is 0 Å². The average Bonchev–Trinajstić information content (AvgIpc) is 3.23. The summed E-state index contributed by atoms with van der Waals surface area (Å²) in [7, 11) is 4.34. The summed E-state index contributed by atoms with van der Waals surface area (Å²) < 4.78 is 0.919. The third kappa shape index (κ3) is 3.88. The number of nitrogens with zero attached hydrogens (tertiary/aromatic N) is 3. The second kappa shape index (κ2) is 8.06. The van der Waals surface area contributed by atoms with Crippen LogP contribution < -0.4 is 10.4 Å². The van der Waals surface area contributed by atoms with Gasteiger partial charge in [0, 0.05) is 22.6 Å². The maximum absolute atomic E-state index is 13.0. The number of nitrogens with one attached hydrogen (secondary N) is 1. The Labute approximate surface area is 187 Å². The number of amides is 2. The van der Waals surface area contributed by atoms with Gasteiger partial charge < -0.3 is 34.6 Å². The molecule has 3 unspecified atom stereocenters. The maximum Gasteiger partial charge on any atom is 0.240 e. The molecule has 31 heavy (non-hydrogen) atoms. The van der Waals surface area contributed by atoms with E-state index < -0.39 is 18.0 Å². The summed E-state index contributed by atoms with van der Waals surface area (Å²) in [6.07, 6.45) is -0.209. The number of β-lactam (4-membered cyclic amide) rings is 1. The summed E-state index contributed by atoms with van der Waals surface area (Å²) in [6, 6.07) is -0.608. The number of aliphatic carboxylic acids is 1. The molecule has 0 aromatic carbocycles. The van der Waals surface area contributed by atoms with E-state index in [4.69, 9.17) is 0 Å². The Morgan fingerprint density at radius 3 is 2.52 bits per heavy atom. The predicted molar refractivity (Wildman–Crippen MR) is 113 cm³/mol. The van der Waals surface area contributed by atoms with E-state index in [1.165, 1.54) is 16.7 Å². The van der Waals surface area contributed by atoms with Crippen molar-refractivity contribution in [2.75, 3.05) is 46.8 Å². The molecule has 0 radical (unpaired) electrons. The Morgan fingerprint density at radius 1 is 1.29 bits per heavy atom. The number of hydrogen-bond acceptors (Lipinski definition) is 7. The maximum atomic E-state index is 13.0. The molecule has 9 nitrogen and oxygen atoms in total. The van der Waals surface area contributed by atoms with Gasteiger partial charge in [-0.05, 0) is 13.3 Å². The second-order valence-electron chi connectivity index (χ2n) is 9.90. The number of fused-ring (bicyclic) bond motifs is 1. The molecule has 4 aliphatic heterocycles. The zero-order valence-electron chi connectivity index (χ0n) is 18.5. The number of aliphatic hydroxyl groups is 1. The zero-order valence-corrected chi connectivity index (χ0v) is 19.4. The number of piperazine rings is 1. The lowest BCUT2D eigenvalue weighted by Gasteiger charge is -2.47. The lowest BCUT2D eigenvalue weighted by molar-refractivity contribution is -0.894. The van der Waals surface area contributed by atoms with Crippen LogP contribution >= 0.6 is 11.8 Å². The van der Waals surface area contributed by atoms with Crippen LogP contribution in [-0.4, -0.2) is 107 Å². The molecular formula is C21H32N4O5S. The molecule has 0 aromatic heterocycles. The van der Waals surface area contributed by atoms with Gasteiger partial charge in [-0.15, -0.1) is 11.8 Å². The first kappa shape index (κ1) is 22.6. The standard InChI is InChI=1S/C21H32N4O5S/c1-11-16-15(12(2)26)20(28)24(16)17(21(29)30)18(11)31-13-9-14(22-10-13)19(27)23-5-7-25(3,4)8-6-23/h11-16,22,26H,5-10H2,1-4H3/t11?,12-,13-,14-,15?,16?/m1/s1. The Bertz CT molecular complexity index is 819. The Morgan fingerprint density at radius 2 is 1.94 bits per heavy atom. The Balaban J connectivity index is 1.42. The van der Waals surface area contributed by atoms with E-state index in [9.17, 15) is 24.6 Å². The number of carboxylic acid groups (broad SMARTS) is 1. The molecule has 4 aliphatic rings. The van der Waals surface area contributed by atoms with Crippen LogP contribution in [0.5, 0.6) is 0 Å². The van der Waals surface area contributed by atoms with E-state index in [0.29, 0.717) is 17.9 Å². The van der Waals surface area contributed by atoms with Gasteiger partial charge in [0.2, 0.25) is 11.8 Å². The minimum atomic E-state index is -1.36. The van der Waals surface area contributed by atoms with Gasteiger partial charge in [0.25, 0.3) is 0 Å². The predicted octanol–water partition coefficient (Wildman–Crippen LogP) is -1.81. The fraction of sp³-hybridized carbons (Fsp3) is 0.762. The van der Waals surface area contributed by atoms with Gasteiger partial charge in [0.05, 0.1) is 76.0 Å². The van der Waals surface area contributed by atoms with Crippen molar-refractivity contribution in [2.45, 2.75) is 43.7 Å². The molecule has 4 heterocycles. The normalized spacial score (nSPS) is 35.8. The summed E-state index contributed by atoms with van der Waals surface area (Å²) in [5.74, 6) is -2.37. The number of thioether (sulfide) groups is 1. The van der Waals surface area contributed by atoms with Crippen LogP contribution in [0.25, 0.3) is 0 Å². The molecule has 6 atom stereocenters. The van der Waals surface area contributed by atoms with Crippen LogP contribution in [0.3, 0.4) is 0 Å². The first-order valence-electron chi connectivity index (χ1n) is 11.0. The topological polar surface area (TPSA) is 113 Å². The monoisotopic (exact) mass is 452 g/mol. The third-order valence-corrected chi connectivity index (χ3v) is 8.76. The van der Waals surface area contributed by atoms with Crippen LogP contribution in [0, 0.1) is 11.8 Å². The van der Waals surface area contributed by atoms with Crippen molar-refractivity contribution in [1.82, 2.24) is 15.1 Å². The van der Waals surface area contributed by atoms with Gasteiger partial charge in [0.1, 0.15) is 0 Å². The van der Waals surface area contributed by atoms with E-state index in [1.54, 1.807) is 6.92 Å². The first-order chi connectivity index (χ1) is 14.5. The lowest BCUT2D eigenvalue weighted by Crippen LogP contribution is -2.64. The van der Waals surface area contributed by atoms with Crippen molar-refractivity contribution < 1.29 is 29.1 Å². The van der Waals surface area contributed by atoms with Gasteiger partial charge >= 0.3 is 0 Å². The molecule has 0 saturated carbocycles. The largest absolute Gasteiger partial charge is 0.543 e. The van der Waals surface area contributed by atoms with E-state index in [1.807, 2.05) is 11.8 Å². The van der Waals surface area contributed by atoms with Crippen LogP contribution in [0.1, 0.15) is 20.3 Å². The summed E-state index contributed by atoms with van der Waals surface area (Å²) >= 11 is 1.44. The molecule has 4 rings (SSSR count). The third-order valence-electron chi connectivity index (χ3n) is 7.25. The first-order valence-corrected chi connectivity index (χ1v) is 11.9. The molecule has 0 bridgehead atoms. The highest BCUT2D eigenvalue weighted by atomic mass is 32.2. The quantitative estimate of drug-likeness (QED) is 0.373. The summed E-state index contributed by atoms with van der Waals surface area (Å²) in [6.45, 7) is 7.43. The molecule has 3 saturated heterocycles. The van der Waals surface area contributed by atoms with Crippen LogP contribution in [0.15, 0.2) is 10.6 Å². The molecule has 0 aliphatic carbocycles. The number of hydrogen-bond donors (Lipinski definition) is 2. The highest BCUT2D eigenvalue weighted by Crippen LogP contribution is 2.51. The molecule has 3 fully saturated rings. The number of quaternary nitrogens is 1. The molecule has 172 valence electrons. The lowest BCUT2D eigenvalue weighted by atomic mass is 9.79. The van der Waals surface area contributed by atoms with Crippen molar-refractivity contribution in [3.05, 3.63) is 10.6 Å². The molecule has 2 N–H and O–H groups in total. The number of carbonyl (C=O) groups is 3. The van der Waals surface area contributed by atoms with Crippen molar-refractivity contribution >= 4 is 29.5 Å². The smallest absolute Gasteiger partial charge is 0.240 e. The van der Waals surface area contributed by atoms with Crippen LogP contribution in [0.4, 0.5) is 0 Å². The van der Waals surface area contributed by atoms with Crippen molar-refractivity contribution in [3.8, 4) is 0 Å². The second-order valence-corrected chi connectivity index (χ2v) is 11.2. The fourth-order valence-corrected chi connectivity index (χ4v) is 6.75. The van der Waals surface area contributed by atoms with Crippen LogP contribution in [-0.2, 0) is 14.4 Å².